The van der Waals surface area contributed by atoms with Gasteiger partial charge in [0.2, 0.25) is 0 Å². The zero-order valence-electron chi connectivity index (χ0n) is 10.0. The van der Waals surface area contributed by atoms with Gasteiger partial charge in [-0.05, 0) is 30.2 Å². The second-order valence-electron chi connectivity index (χ2n) is 4.27. The third kappa shape index (κ3) is 2.57. The Morgan fingerprint density at radius 3 is 2.82 bits per heavy atom. The third-order valence-electron chi connectivity index (χ3n) is 3.18. The molecule has 1 aromatic rings. The van der Waals surface area contributed by atoms with Crippen LogP contribution in [0.25, 0.3) is 0 Å². The molecule has 1 aliphatic rings. The van der Waals surface area contributed by atoms with Crippen LogP contribution in [-0.4, -0.2) is 30.5 Å². The fourth-order valence-corrected chi connectivity index (χ4v) is 2.30. The Morgan fingerprint density at radius 1 is 1.47 bits per heavy atom. The highest BCUT2D eigenvalue weighted by Gasteiger charge is 2.42. The van der Waals surface area contributed by atoms with Gasteiger partial charge in [0.05, 0.1) is 6.10 Å². The molecular formula is C13H17ClO3. The molecule has 0 spiro atoms. The summed E-state index contributed by atoms with van der Waals surface area (Å²) in [4.78, 5) is 0. The number of aryl methyl sites for hydroxylation is 1. The molecule has 3 nitrogen and oxygen atoms in total. The monoisotopic (exact) mass is 256 g/mol. The molecule has 4 heteroatoms. The third-order valence-corrected chi connectivity index (χ3v) is 3.55. The number of hydrogen-bond donors (Lipinski definition) is 1. The molecule has 0 aliphatic heterocycles. The van der Waals surface area contributed by atoms with Gasteiger partial charge in [0.15, 0.2) is 0 Å². The summed E-state index contributed by atoms with van der Waals surface area (Å²) in [6.45, 7) is 2.05. The van der Waals surface area contributed by atoms with Gasteiger partial charge in [0.1, 0.15) is 18.0 Å². The Labute approximate surface area is 106 Å². The molecule has 17 heavy (non-hydrogen) atoms. The number of halogens is 1. The number of benzene rings is 1. The van der Waals surface area contributed by atoms with Gasteiger partial charge in [0.25, 0.3) is 0 Å². The molecular weight excluding hydrogens is 240 g/mol. The molecule has 3 unspecified atom stereocenters. The van der Waals surface area contributed by atoms with E-state index in [1.807, 2.05) is 18.2 Å². The van der Waals surface area contributed by atoms with Crippen molar-refractivity contribution in [1.82, 2.24) is 0 Å². The number of hydrogen-bond acceptors (Lipinski definition) is 3. The average Bonchev–Trinajstić information content (AvgIpc) is 2.31. The van der Waals surface area contributed by atoms with Crippen molar-refractivity contribution in [3.8, 4) is 5.75 Å². The van der Waals surface area contributed by atoms with Crippen LogP contribution in [0.5, 0.6) is 5.75 Å². The van der Waals surface area contributed by atoms with Crippen molar-refractivity contribution in [2.24, 2.45) is 0 Å². The minimum atomic E-state index is -0.414. The van der Waals surface area contributed by atoms with Gasteiger partial charge in [-0.25, -0.2) is 0 Å². The van der Waals surface area contributed by atoms with Gasteiger partial charge in [-0.15, -0.1) is 0 Å². The van der Waals surface area contributed by atoms with Crippen LogP contribution < -0.4 is 4.74 Å². The Kier molecular flexibility index (Phi) is 3.92. The van der Waals surface area contributed by atoms with Crippen molar-refractivity contribution in [3.05, 3.63) is 28.8 Å². The Morgan fingerprint density at radius 2 is 2.24 bits per heavy atom. The Balaban J connectivity index is 2.04. The summed E-state index contributed by atoms with van der Waals surface area (Å²) in [5.74, 6) is 0.783. The zero-order valence-corrected chi connectivity index (χ0v) is 10.8. The summed E-state index contributed by atoms with van der Waals surface area (Å²) in [6, 6.07) is 5.63. The molecule has 1 N–H and O–H groups in total. The molecule has 1 saturated carbocycles. The van der Waals surface area contributed by atoms with Crippen LogP contribution in [0.15, 0.2) is 18.2 Å². The largest absolute Gasteiger partial charge is 0.488 e. The first-order chi connectivity index (χ1) is 8.15. The minimum absolute atomic E-state index is 0.0686. The molecule has 3 atom stereocenters. The van der Waals surface area contributed by atoms with Crippen molar-refractivity contribution in [2.75, 3.05) is 7.11 Å². The topological polar surface area (TPSA) is 38.7 Å². The number of aliphatic hydroxyl groups excluding tert-OH is 1. The lowest BCUT2D eigenvalue weighted by molar-refractivity contribution is -0.149. The molecule has 0 aromatic heterocycles. The first-order valence-electron chi connectivity index (χ1n) is 5.81. The van der Waals surface area contributed by atoms with Gasteiger partial charge in [0, 0.05) is 18.6 Å². The summed E-state index contributed by atoms with van der Waals surface area (Å²) < 4.78 is 10.9. The number of methoxy groups -OCH3 is 1. The number of ether oxygens (including phenoxy) is 2. The Bertz CT molecular complexity index is 394. The quantitative estimate of drug-likeness (QED) is 0.899. The second-order valence-corrected chi connectivity index (χ2v) is 4.67. The van der Waals surface area contributed by atoms with E-state index in [4.69, 9.17) is 21.1 Å². The van der Waals surface area contributed by atoms with Gasteiger partial charge < -0.3 is 14.6 Å². The maximum absolute atomic E-state index is 9.47. The van der Waals surface area contributed by atoms with Crippen LogP contribution in [0.3, 0.4) is 0 Å². The van der Waals surface area contributed by atoms with E-state index in [1.54, 1.807) is 7.11 Å². The van der Waals surface area contributed by atoms with E-state index in [0.29, 0.717) is 6.42 Å². The van der Waals surface area contributed by atoms with Crippen molar-refractivity contribution in [3.63, 3.8) is 0 Å². The van der Waals surface area contributed by atoms with Crippen LogP contribution in [0.4, 0.5) is 0 Å². The smallest absolute Gasteiger partial charge is 0.130 e. The van der Waals surface area contributed by atoms with Crippen LogP contribution in [0, 0.1) is 0 Å². The molecule has 94 valence electrons. The highest BCUT2D eigenvalue weighted by atomic mass is 35.5. The van der Waals surface area contributed by atoms with Crippen LogP contribution >= 0.6 is 11.6 Å². The molecule has 2 rings (SSSR count). The maximum Gasteiger partial charge on any atom is 0.130 e. The highest BCUT2D eigenvalue weighted by Crippen LogP contribution is 2.30. The summed E-state index contributed by atoms with van der Waals surface area (Å²) >= 11 is 6.04. The summed E-state index contributed by atoms with van der Waals surface area (Å²) in [7, 11) is 1.59. The lowest BCUT2D eigenvalue weighted by atomic mass is 9.88. The lowest BCUT2D eigenvalue weighted by Crippen LogP contribution is -2.54. The normalized spacial score (nSPS) is 27.6. The van der Waals surface area contributed by atoms with Crippen molar-refractivity contribution < 1.29 is 14.6 Å². The summed E-state index contributed by atoms with van der Waals surface area (Å²) in [5, 5.41) is 10.2. The van der Waals surface area contributed by atoms with Crippen LogP contribution in [0.1, 0.15) is 18.9 Å². The minimum Gasteiger partial charge on any atom is -0.488 e. The first-order valence-corrected chi connectivity index (χ1v) is 6.19. The fourth-order valence-electron chi connectivity index (χ4n) is 2.05. The average molecular weight is 257 g/mol. The molecule has 1 aromatic carbocycles. The lowest BCUT2D eigenvalue weighted by Gasteiger charge is -2.40. The van der Waals surface area contributed by atoms with E-state index in [-0.39, 0.29) is 12.2 Å². The van der Waals surface area contributed by atoms with E-state index >= 15 is 0 Å². The zero-order chi connectivity index (χ0) is 12.4. The van der Waals surface area contributed by atoms with Crippen molar-refractivity contribution >= 4 is 11.6 Å². The van der Waals surface area contributed by atoms with Crippen LogP contribution in [0.2, 0.25) is 5.02 Å². The van der Waals surface area contributed by atoms with Crippen molar-refractivity contribution in [1.29, 1.82) is 0 Å². The van der Waals surface area contributed by atoms with Gasteiger partial charge in [-0.2, -0.15) is 0 Å². The second kappa shape index (κ2) is 5.25. The fraction of sp³-hybridized carbons (Fsp3) is 0.538. The van der Waals surface area contributed by atoms with E-state index in [2.05, 4.69) is 6.92 Å². The summed E-state index contributed by atoms with van der Waals surface area (Å²) in [5.41, 5.74) is 1.07. The molecule has 0 saturated heterocycles. The van der Waals surface area contributed by atoms with Gasteiger partial charge in [-0.1, -0.05) is 18.5 Å². The summed E-state index contributed by atoms with van der Waals surface area (Å²) in [6.07, 6.45) is 0.777. The molecule has 1 aliphatic carbocycles. The van der Waals surface area contributed by atoms with E-state index in [9.17, 15) is 5.11 Å². The first kappa shape index (κ1) is 12.7. The number of rotatable bonds is 4. The molecule has 1 fully saturated rings. The Hall–Kier alpha value is -0.770. The number of aliphatic hydroxyl groups is 1. The van der Waals surface area contributed by atoms with E-state index < -0.39 is 6.10 Å². The van der Waals surface area contributed by atoms with E-state index in [1.165, 1.54) is 0 Å². The molecule has 0 bridgehead atoms. The predicted octanol–water partition coefficient (Wildman–Crippen LogP) is 2.43. The van der Waals surface area contributed by atoms with Gasteiger partial charge in [-0.3, -0.25) is 0 Å². The highest BCUT2D eigenvalue weighted by molar-refractivity contribution is 6.31. The molecule has 0 amide bonds. The molecule has 0 radical (unpaired) electrons. The maximum atomic E-state index is 9.47. The predicted molar refractivity (Wildman–Crippen MR) is 66.7 cm³/mol. The van der Waals surface area contributed by atoms with Crippen LogP contribution in [-0.2, 0) is 11.2 Å². The van der Waals surface area contributed by atoms with Crippen molar-refractivity contribution in [2.45, 2.75) is 38.1 Å². The van der Waals surface area contributed by atoms with E-state index in [0.717, 1.165) is 22.8 Å². The SMILES string of the molecule is CCc1cc(OC2CC(O)C2OC)ccc1Cl. The van der Waals surface area contributed by atoms with Gasteiger partial charge >= 0.3 is 0 Å². The standard InChI is InChI=1S/C13H17ClO3/c1-3-8-6-9(4-5-10(8)14)17-12-7-11(15)13(12)16-2/h4-6,11-13,15H,3,7H2,1-2H3. The molecule has 0 heterocycles.